The zero-order valence-electron chi connectivity index (χ0n) is 23.7. The molecule has 2 bridgehead atoms. The Morgan fingerprint density at radius 1 is 0.886 bits per heavy atom. The Bertz CT molecular complexity index is 1780. The topological polar surface area (TPSA) is 93.6 Å². The number of fused-ring (bicyclic) bond motifs is 6. The number of Topliss-reactive ketones (excluding diaryl/α,β-unsaturated/α-hetero) is 1. The van der Waals surface area contributed by atoms with Crippen molar-refractivity contribution < 1.29 is 23.9 Å². The molecule has 1 aromatic heterocycles. The van der Waals surface area contributed by atoms with E-state index in [0.717, 1.165) is 6.42 Å². The van der Waals surface area contributed by atoms with E-state index < -0.39 is 12.1 Å². The number of rotatable bonds is 7. The Kier molecular flexibility index (Phi) is 7.49. The Morgan fingerprint density at radius 2 is 1.50 bits per heavy atom. The van der Waals surface area contributed by atoms with Crippen LogP contribution in [0.5, 0.6) is 0 Å². The first kappa shape index (κ1) is 29.0. The first-order valence-corrected chi connectivity index (χ1v) is 16.6. The summed E-state index contributed by atoms with van der Waals surface area (Å²) in [4.78, 5) is 60.1. The summed E-state index contributed by atoms with van der Waals surface area (Å²) in [6.45, 7) is 1.81. The average Bonchev–Trinajstić information content (AvgIpc) is 3.67. The number of pyridine rings is 1. The van der Waals surface area contributed by atoms with Crippen molar-refractivity contribution in [3.63, 3.8) is 0 Å². The van der Waals surface area contributed by atoms with Crippen LogP contribution >= 0.6 is 31.9 Å². The molecule has 2 saturated carbocycles. The molecule has 2 aliphatic carbocycles. The Balaban J connectivity index is 1.17. The molecule has 7 atom stereocenters. The summed E-state index contributed by atoms with van der Waals surface area (Å²) in [5.41, 5.74) is 3.16. The zero-order chi connectivity index (χ0) is 30.7. The van der Waals surface area contributed by atoms with Gasteiger partial charge in [0, 0.05) is 26.2 Å². The monoisotopic (exact) mass is 714 g/mol. The number of carbonyl (C=O) groups excluding carboxylic acids is 4. The number of benzene rings is 3. The van der Waals surface area contributed by atoms with Crippen LogP contribution in [0.25, 0.3) is 22.2 Å². The zero-order valence-corrected chi connectivity index (χ0v) is 26.9. The maximum atomic E-state index is 13.6. The Hall–Kier alpha value is -3.69. The van der Waals surface area contributed by atoms with Gasteiger partial charge in [-0.05, 0) is 48.9 Å². The highest BCUT2D eigenvalue weighted by Gasteiger charge is 2.66. The standard InChI is InChI=1S/C35H28Br2N2O5/c1-2-27(32(40)19-8-4-3-5-9-19)44-35(43)22-17-26(38-25-11-7-6-10-21(22)25)18-12-14-20(15-13-18)39-33(41)28-23-16-24(29(28)34(39)42)31(37)30(23)36/h3-15,17,23-24,27-31H,2,16H2,1H3. The first-order chi connectivity index (χ1) is 21.3. The molecule has 7 rings (SSSR count). The number of ketones is 1. The summed E-state index contributed by atoms with van der Waals surface area (Å²) >= 11 is 7.48. The summed E-state index contributed by atoms with van der Waals surface area (Å²) in [6, 6.07) is 24.9. The molecular weight excluding hydrogens is 688 g/mol. The van der Waals surface area contributed by atoms with Crippen molar-refractivity contribution in [1.82, 2.24) is 4.98 Å². The smallest absolute Gasteiger partial charge is 0.339 e. The fourth-order valence-electron chi connectivity index (χ4n) is 7.18. The van der Waals surface area contributed by atoms with E-state index in [4.69, 9.17) is 9.72 Å². The summed E-state index contributed by atoms with van der Waals surface area (Å²) in [5, 5.41) is 0.615. The predicted octanol–water partition coefficient (Wildman–Crippen LogP) is 7.00. The van der Waals surface area contributed by atoms with Gasteiger partial charge in [-0.15, -0.1) is 0 Å². The molecule has 0 N–H and O–H groups in total. The van der Waals surface area contributed by atoms with Gasteiger partial charge in [-0.1, -0.05) is 99.4 Å². The van der Waals surface area contributed by atoms with Gasteiger partial charge in [0.15, 0.2) is 6.10 Å². The van der Waals surface area contributed by atoms with Crippen LogP contribution in [-0.4, -0.2) is 44.3 Å². The SMILES string of the molecule is CCC(OC(=O)c1cc(-c2ccc(N3C(=O)C4C5CC(C(Br)C5Br)C4C3=O)cc2)nc2ccccc12)C(=O)c1ccccc1. The van der Waals surface area contributed by atoms with Crippen LogP contribution in [0.3, 0.4) is 0 Å². The van der Waals surface area contributed by atoms with Gasteiger partial charge in [0.25, 0.3) is 0 Å². The van der Waals surface area contributed by atoms with Gasteiger partial charge in [-0.2, -0.15) is 0 Å². The average molecular weight is 716 g/mol. The number of hydrogen-bond donors (Lipinski definition) is 0. The molecule has 7 unspecified atom stereocenters. The third-order valence-electron chi connectivity index (χ3n) is 9.32. The third kappa shape index (κ3) is 4.63. The van der Waals surface area contributed by atoms with E-state index in [1.165, 1.54) is 4.90 Å². The van der Waals surface area contributed by atoms with Crippen molar-refractivity contribution in [2.45, 2.75) is 35.5 Å². The van der Waals surface area contributed by atoms with Gasteiger partial charge in [-0.3, -0.25) is 19.3 Å². The van der Waals surface area contributed by atoms with E-state index in [-0.39, 0.29) is 50.9 Å². The molecule has 7 nitrogen and oxygen atoms in total. The number of hydrogen-bond acceptors (Lipinski definition) is 6. The fraction of sp³-hybridized carbons (Fsp3) is 0.286. The van der Waals surface area contributed by atoms with Crippen molar-refractivity contribution >= 4 is 72.0 Å². The molecule has 1 saturated heterocycles. The molecule has 1 aliphatic heterocycles. The van der Waals surface area contributed by atoms with Crippen LogP contribution in [-0.2, 0) is 14.3 Å². The van der Waals surface area contributed by atoms with E-state index in [2.05, 4.69) is 31.9 Å². The molecule has 9 heteroatoms. The van der Waals surface area contributed by atoms with E-state index in [9.17, 15) is 19.2 Å². The number of halogens is 2. The van der Waals surface area contributed by atoms with Gasteiger partial charge in [0.1, 0.15) is 0 Å². The molecule has 3 aliphatic rings. The van der Waals surface area contributed by atoms with Crippen LogP contribution in [0.4, 0.5) is 5.69 Å². The van der Waals surface area contributed by atoms with Gasteiger partial charge >= 0.3 is 5.97 Å². The number of ether oxygens (including phenoxy) is 1. The van der Waals surface area contributed by atoms with Crippen LogP contribution in [0.1, 0.15) is 40.5 Å². The second-order valence-electron chi connectivity index (χ2n) is 11.7. The second-order valence-corrected chi connectivity index (χ2v) is 13.8. The first-order valence-electron chi connectivity index (χ1n) is 14.7. The highest BCUT2D eigenvalue weighted by molar-refractivity contribution is 9.12. The van der Waals surface area contributed by atoms with Crippen molar-refractivity contribution in [3.8, 4) is 11.3 Å². The molecule has 44 heavy (non-hydrogen) atoms. The maximum Gasteiger partial charge on any atom is 0.339 e. The fourth-order valence-corrected chi connectivity index (χ4v) is 9.05. The third-order valence-corrected chi connectivity index (χ3v) is 12.5. The molecule has 2 amide bonds. The lowest BCUT2D eigenvalue weighted by Gasteiger charge is -2.28. The molecule has 3 fully saturated rings. The molecule has 0 radical (unpaired) electrons. The van der Waals surface area contributed by atoms with Crippen LogP contribution < -0.4 is 4.90 Å². The van der Waals surface area contributed by atoms with Crippen molar-refractivity contribution in [3.05, 3.63) is 96.1 Å². The summed E-state index contributed by atoms with van der Waals surface area (Å²) in [7, 11) is 0. The van der Waals surface area contributed by atoms with Gasteiger partial charge < -0.3 is 4.74 Å². The summed E-state index contributed by atoms with van der Waals surface area (Å²) < 4.78 is 5.78. The highest BCUT2D eigenvalue weighted by atomic mass is 79.9. The number of aromatic nitrogens is 1. The number of para-hydroxylation sites is 1. The number of carbonyl (C=O) groups is 4. The van der Waals surface area contributed by atoms with Crippen LogP contribution in [0.15, 0.2) is 84.9 Å². The lowest BCUT2D eigenvalue weighted by atomic mass is 9.81. The molecule has 0 spiro atoms. The number of nitrogens with zero attached hydrogens (tertiary/aromatic N) is 2. The number of amides is 2. The second kappa shape index (κ2) is 11.3. The number of esters is 1. The van der Waals surface area contributed by atoms with Crippen LogP contribution in [0.2, 0.25) is 0 Å². The van der Waals surface area contributed by atoms with Gasteiger partial charge in [0.2, 0.25) is 17.6 Å². The van der Waals surface area contributed by atoms with Crippen molar-refractivity contribution in [2.24, 2.45) is 23.7 Å². The van der Waals surface area contributed by atoms with Gasteiger partial charge in [-0.25, -0.2) is 9.78 Å². The van der Waals surface area contributed by atoms with E-state index in [1.807, 2.05) is 24.3 Å². The number of alkyl halides is 2. The minimum Gasteiger partial charge on any atom is -0.450 e. The van der Waals surface area contributed by atoms with Crippen LogP contribution in [0, 0.1) is 23.7 Å². The molecule has 2 heterocycles. The Labute approximate surface area is 271 Å². The van der Waals surface area contributed by atoms with Crippen molar-refractivity contribution in [2.75, 3.05) is 4.90 Å². The molecular formula is C35H28Br2N2O5. The van der Waals surface area contributed by atoms with E-state index in [1.54, 1.807) is 67.6 Å². The molecule has 4 aromatic rings. The highest BCUT2D eigenvalue weighted by Crippen LogP contribution is 2.60. The van der Waals surface area contributed by atoms with E-state index in [0.29, 0.717) is 45.4 Å². The minimum absolute atomic E-state index is 0.131. The predicted molar refractivity (Wildman–Crippen MR) is 174 cm³/mol. The molecule has 3 aromatic carbocycles. The maximum absolute atomic E-state index is 13.6. The summed E-state index contributed by atoms with van der Waals surface area (Å²) in [5.74, 6) is -1.42. The minimum atomic E-state index is -0.926. The Morgan fingerprint density at radius 3 is 2.14 bits per heavy atom. The number of imide groups is 1. The van der Waals surface area contributed by atoms with Crippen molar-refractivity contribution in [1.29, 1.82) is 0 Å². The van der Waals surface area contributed by atoms with E-state index >= 15 is 0 Å². The quantitative estimate of drug-likeness (QED) is 0.0886. The molecule has 222 valence electrons. The summed E-state index contributed by atoms with van der Waals surface area (Å²) in [6.07, 6.45) is 0.286. The lowest BCUT2D eigenvalue weighted by molar-refractivity contribution is -0.123. The number of anilines is 1. The largest absolute Gasteiger partial charge is 0.450 e. The lowest BCUT2D eigenvalue weighted by Crippen LogP contribution is -2.37. The van der Waals surface area contributed by atoms with Gasteiger partial charge in [0.05, 0.1) is 34.3 Å². The normalized spacial score (nSPS) is 26.2.